The molecule has 0 aromatic carbocycles. The molecular weight excluding hydrogens is 222 g/mol. The molecule has 1 amide bonds. The molecule has 4 heteroatoms. The van der Waals surface area contributed by atoms with Crippen molar-refractivity contribution in [1.82, 2.24) is 4.90 Å². The monoisotopic (exact) mass is 243 g/mol. The van der Waals surface area contributed by atoms with Crippen LogP contribution in [0.5, 0.6) is 0 Å². The standard InChI is InChI=1S/C12H21NO2S/c1-12(2,3)15-11(14)13-6-4-10-9(8-13)5-7-16-10/h9-10H,4-8H2,1-3H3. The van der Waals surface area contributed by atoms with Crippen molar-refractivity contribution < 1.29 is 9.53 Å². The summed E-state index contributed by atoms with van der Waals surface area (Å²) >= 11 is 2.07. The summed E-state index contributed by atoms with van der Waals surface area (Å²) < 4.78 is 5.41. The van der Waals surface area contributed by atoms with Crippen molar-refractivity contribution in [3.63, 3.8) is 0 Å². The van der Waals surface area contributed by atoms with Gasteiger partial charge in [0.1, 0.15) is 5.60 Å². The molecule has 0 saturated carbocycles. The van der Waals surface area contributed by atoms with Crippen molar-refractivity contribution in [1.29, 1.82) is 0 Å². The number of nitrogens with zero attached hydrogens (tertiary/aromatic N) is 1. The van der Waals surface area contributed by atoms with Gasteiger partial charge in [0.15, 0.2) is 0 Å². The minimum atomic E-state index is -0.377. The van der Waals surface area contributed by atoms with Crippen LogP contribution in [0.15, 0.2) is 0 Å². The Hall–Kier alpha value is -0.380. The van der Waals surface area contributed by atoms with E-state index in [1.807, 2.05) is 25.7 Å². The number of rotatable bonds is 0. The number of piperidine rings is 1. The topological polar surface area (TPSA) is 29.5 Å². The summed E-state index contributed by atoms with van der Waals surface area (Å²) in [5.41, 5.74) is -0.377. The van der Waals surface area contributed by atoms with Crippen LogP contribution in [0.2, 0.25) is 0 Å². The van der Waals surface area contributed by atoms with Crippen molar-refractivity contribution in [3.05, 3.63) is 0 Å². The first-order valence-corrected chi connectivity index (χ1v) is 7.10. The molecule has 2 unspecified atom stereocenters. The molecule has 0 aromatic rings. The number of carbonyl (C=O) groups excluding carboxylic acids is 1. The lowest BCUT2D eigenvalue weighted by atomic mass is 9.96. The van der Waals surface area contributed by atoms with Gasteiger partial charge in [-0.1, -0.05) is 0 Å². The number of hydrogen-bond donors (Lipinski definition) is 0. The second-order valence-corrected chi connectivity index (χ2v) is 7.02. The number of ether oxygens (including phenoxy) is 1. The fourth-order valence-electron chi connectivity index (χ4n) is 2.37. The number of thioether (sulfide) groups is 1. The molecule has 0 N–H and O–H groups in total. The zero-order valence-corrected chi connectivity index (χ0v) is 11.2. The molecule has 2 aliphatic heterocycles. The Morgan fingerprint density at radius 3 is 2.81 bits per heavy atom. The van der Waals surface area contributed by atoms with Crippen LogP contribution in [0.3, 0.4) is 0 Å². The summed E-state index contributed by atoms with van der Waals surface area (Å²) in [6, 6.07) is 0. The second-order valence-electron chi connectivity index (χ2n) is 5.67. The van der Waals surface area contributed by atoms with Crippen molar-refractivity contribution in [2.75, 3.05) is 18.8 Å². The highest BCUT2D eigenvalue weighted by Gasteiger charge is 2.36. The average Bonchev–Trinajstić information content (AvgIpc) is 2.61. The highest BCUT2D eigenvalue weighted by Crippen LogP contribution is 2.38. The van der Waals surface area contributed by atoms with E-state index in [0.717, 1.165) is 24.8 Å². The Morgan fingerprint density at radius 1 is 1.38 bits per heavy atom. The van der Waals surface area contributed by atoms with Crippen LogP contribution in [0.4, 0.5) is 4.79 Å². The molecule has 0 aliphatic carbocycles. The first-order valence-electron chi connectivity index (χ1n) is 6.05. The maximum atomic E-state index is 11.9. The maximum Gasteiger partial charge on any atom is 0.410 e. The molecule has 3 nitrogen and oxygen atoms in total. The third-order valence-electron chi connectivity index (χ3n) is 3.14. The number of likely N-dealkylation sites (tertiary alicyclic amines) is 1. The van der Waals surface area contributed by atoms with Gasteiger partial charge in [-0.3, -0.25) is 0 Å². The van der Waals surface area contributed by atoms with Gasteiger partial charge in [-0.25, -0.2) is 4.79 Å². The third kappa shape index (κ3) is 2.84. The Labute approximate surface area is 102 Å². The van der Waals surface area contributed by atoms with Gasteiger partial charge < -0.3 is 9.64 Å². The number of fused-ring (bicyclic) bond motifs is 1. The Balaban J connectivity index is 1.89. The Kier molecular flexibility index (Phi) is 3.38. The predicted octanol–water partition coefficient (Wildman–Crippen LogP) is 2.75. The lowest BCUT2D eigenvalue weighted by molar-refractivity contribution is 0.0175. The lowest BCUT2D eigenvalue weighted by Crippen LogP contribution is -2.45. The van der Waals surface area contributed by atoms with Gasteiger partial charge in [-0.15, -0.1) is 0 Å². The average molecular weight is 243 g/mol. The zero-order chi connectivity index (χ0) is 11.8. The first kappa shape index (κ1) is 12.1. The van der Waals surface area contributed by atoms with Crippen molar-refractivity contribution in [2.24, 2.45) is 5.92 Å². The van der Waals surface area contributed by atoms with E-state index < -0.39 is 0 Å². The van der Waals surface area contributed by atoms with Crippen LogP contribution in [0.25, 0.3) is 0 Å². The molecule has 0 bridgehead atoms. The van der Waals surface area contributed by atoms with E-state index in [4.69, 9.17) is 4.74 Å². The van der Waals surface area contributed by atoms with Crippen LogP contribution in [-0.4, -0.2) is 40.7 Å². The highest BCUT2D eigenvalue weighted by atomic mass is 32.2. The van der Waals surface area contributed by atoms with E-state index in [2.05, 4.69) is 11.8 Å². The van der Waals surface area contributed by atoms with Crippen LogP contribution in [0.1, 0.15) is 33.6 Å². The lowest BCUT2D eigenvalue weighted by Gasteiger charge is -2.35. The number of carbonyl (C=O) groups is 1. The van der Waals surface area contributed by atoms with Gasteiger partial charge in [0.05, 0.1) is 0 Å². The van der Waals surface area contributed by atoms with Crippen molar-refractivity contribution in [3.8, 4) is 0 Å². The minimum absolute atomic E-state index is 0.136. The van der Waals surface area contributed by atoms with Gasteiger partial charge in [0.25, 0.3) is 0 Å². The molecule has 2 aliphatic rings. The van der Waals surface area contributed by atoms with Gasteiger partial charge in [-0.2, -0.15) is 11.8 Å². The zero-order valence-electron chi connectivity index (χ0n) is 10.4. The van der Waals surface area contributed by atoms with Crippen LogP contribution < -0.4 is 0 Å². The van der Waals surface area contributed by atoms with Crippen molar-refractivity contribution in [2.45, 2.75) is 44.5 Å². The van der Waals surface area contributed by atoms with Gasteiger partial charge >= 0.3 is 6.09 Å². The summed E-state index contributed by atoms with van der Waals surface area (Å²) in [7, 11) is 0. The fraction of sp³-hybridized carbons (Fsp3) is 0.917. The predicted molar refractivity (Wildman–Crippen MR) is 66.8 cm³/mol. The van der Waals surface area contributed by atoms with Crippen LogP contribution in [-0.2, 0) is 4.74 Å². The molecule has 16 heavy (non-hydrogen) atoms. The summed E-state index contributed by atoms with van der Waals surface area (Å²) in [6.07, 6.45) is 2.26. The van der Waals surface area contributed by atoms with E-state index in [0.29, 0.717) is 5.92 Å². The molecule has 2 saturated heterocycles. The molecule has 2 atom stereocenters. The summed E-state index contributed by atoms with van der Waals surface area (Å²) in [5, 5.41) is 0.790. The summed E-state index contributed by atoms with van der Waals surface area (Å²) in [5.74, 6) is 1.96. The largest absolute Gasteiger partial charge is 0.444 e. The number of amides is 1. The normalized spacial score (nSPS) is 30.1. The van der Waals surface area contributed by atoms with E-state index in [-0.39, 0.29) is 11.7 Å². The molecule has 0 spiro atoms. The van der Waals surface area contributed by atoms with E-state index in [1.165, 1.54) is 12.2 Å². The summed E-state index contributed by atoms with van der Waals surface area (Å²) in [6.45, 7) is 7.52. The van der Waals surface area contributed by atoms with E-state index in [9.17, 15) is 4.79 Å². The first-order chi connectivity index (χ1) is 7.46. The van der Waals surface area contributed by atoms with Gasteiger partial charge in [-0.05, 0) is 45.3 Å². The minimum Gasteiger partial charge on any atom is -0.444 e. The molecule has 0 aromatic heterocycles. The van der Waals surface area contributed by atoms with E-state index in [1.54, 1.807) is 0 Å². The SMILES string of the molecule is CC(C)(C)OC(=O)N1CCC2SCCC2C1. The van der Waals surface area contributed by atoms with Crippen LogP contribution in [0, 0.1) is 5.92 Å². The van der Waals surface area contributed by atoms with Crippen molar-refractivity contribution >= 4 is 17.9 Å². The Morgan fingerprint density at radius 2 is 2.12 bits per heavy atom. The molecule has 0 radical (unpaired) electrons. The van der Waals surface area contributed by atoms with Gasteiger partial charge in [0.2, 0.25) is 0 Å². The number of hydrogen-bond acceptors (Lipinski definition) is 3. The quantitative estimate of drug-likeness (QED) is 0.655. The summed E-state index contributed by atoms with van der Waals surface area (Å²) in [4.78, 5) is 13.8. The van der Waals surface area contributed by atoms with Crippen LogP contribution >= 0.6 is 11.8 Å². The fourth-order valence-corrected chi connectivity index (χ4v) is 3.88. The molecule has 2 heterocycles. The smallest absolute Gasteiger partial charge is 0.410 e. The van der Waals surface area contributed by atoms with Gasteiger partial charge in [0, 0.05) is 18.3 Å². The maximum absolute atomic E-state index is 11.9. The third-order valence-corrected chi connectivity index (χ3v) is 4.66. The highest BCUT2D eigenvalue weighted by molar-refractivity contribution is 8.00. The molecule has 92 valence electrons. The molecular formula is C12H21NO2S. The van der Waals surface area contributed by atoms with E-state index >= 15 is 0 Å². The Bertz CT molecular complexity index is 275. The second kappa shape index (κ2) is 4.47. The molecule has 2 fully saturated rings. The molecule has 2 rings (SSSR count).